The van der Waals surface area contributed by atoms with E-state index in [2.05, 4.69) is 4.99 Å². The zero-order chi connectivity index (χ0) is 9.90. The quantitative estimate of drug-likeness (QED) is 0.553. The zero-order valence-electron chi connectivity index (χ0n) is 6.35. The Balaban J connectivity index is 2.90. The first-order chi connectivity index (χ1) is 6.00. The van der Waals surface area contributed by atoms with Crippen LogP contribution in [-0.2, 0) is 0 Å². The third-order valence-electron chi connectivity index (χ3n) is 1.22. The Hall–Kier alpha value is -0.590. The molecule has 0 N–H and O–H groups in total. The van der Waals surface area contributed by atoms with Gasteiger partial charge in [-0.1, -0.05) is 18.2 Å². The standard InChI is InChI=1S/C8H5F3IN/c9-8(10,11)7(12)13-6-4-2-1-3-5-6/h1-5H. The number of benzene rings is 1. The Kier molecular flexibility index (Phi) is 3.29. The van der Waals surface area contributed by atoms with E-state index in [0.29, 0.717) is 5.69 Å². The monoisotopic (exact) mass is 299 g/mol. The minimum atomic E-state index is -4.35. The summed E-state index contributed by atoms with van der Waals surface area (Å²) in [7, 11) is 0. The first kappa shape index (κ1) is 10.5. The van der Waals surface area contributed by atoms with Gasteiger partial charge in [0.1, 0.15) is 0 Å². The molecule has 0 atom stereocenters. The Morgan fingerprint density at radius 1 is 1.15 bits per heavy atom. The van der Waals surface area contributed by atoms with Crippen LogP contribution >= 0.6 is 22.6 Å². The molecule has 0 fully saturated rings. The topological polar surface area (TPSA) is 12.4 Å². The van der Waals surface area contributed by atoms with Crippen molar-refractivity contribution in [2.24, 2.45) is 4.99 Å². The summed E-state index contributed by atoms with van der Waals surface area (Å²) in [6.07, 6.45) is -4.35. The number of hydrogen-bond acceptors (Lipinski definition) is 1. The molecule has 0 radical (unpaired) electrons. The molecule has 1 rings (SSSR count). The SMILES string of the molecule is FC(F)(F)C(I)=Nc1ccccc1. The molecule has 1 aromatic rings. The number of alkyl halides is 3. The molecule has 0 saturated heterocycles. The molecule has 0 bridgehead atoms. The summed E-state index contributed by atoms with van der Waals surface area (Å²) in [4.78, 5) is 3.41. The van der Waals surface area contributed by atoms with E-state index < -0.39 is 9.89 Å². The van der Waals surface area contributed by atoms with E-state index in [-0.39, 0.29) is 0 Å². The van der Waals surface area contributed by atoms with E-state index in [0.717, 1.165) is 0 Å². The van der Waals surface area contributed by atoms with E-state index in [1.165, 1.54) is 34.7 Å². The summed E-state index contributed by atoms with van der Waals surface area (Å²) in [6.45, 7) is 0. The van der Waals surface area contributed by atoms with Crippen LogP contribution in [0.4, 0.5) is 18.9 Å². The van der Waals surface area contributed by atoms with Gasteiger partial charge in [-0.05, 0) is 34.7 Å². The maximum atomic E-state index is 12.0. The summed E-state index contributed by atoms with van der Waals surface area (Å²) < 4.78 is 35.1. The highest BCUT2D eigenvalue weighted by atomic mass is 127. The first-order valence-corrected chi connectivity index (χ1v) is 4.44. The lowest BCUT2D eigenvalue weighted by Crippen LogP contribution is -2.15. The van der Waals surface area contributed by atoms with Gasteiger partial charge in [-0.25, -0.2) is 4.99 Å². The third kappa shape index (κ3) is 3.33. The van der Waals surface area contributed by atoms with Gasteiger partial charge in [0.15, 0.2) is 3.72 Å². The Morgan fingerprint density at radius 2 is 1.69 bits per heavy atom. The van der Waals surface area contributed by atoms with Crippen molar-refractivity contribution in [3.8, 4) is 0 Å². The van der Waals surface area contributed by atoms with Gasteiger partial charge in [-0.15, -0.1) is 0 Å². The summed E-state index contributed by atoms with van der Waals surface area (Å²) in [5.74, 6) is 0. The maximum absolute atomic E-state index is 12.0. The average molecular weight is 299 g/mol. The van der Waals surface area contributed by atoms with Crippen molar-refractivity contribution < 1.29 is 13.2 Å². The van der Waals surface area contributed by atoms with E-state index in [4.69, 9.17) is 0 Å². The highest BCUT2D eigenvalue weighted by Crippen LogP contribution is 2.24. The van der Waals surface area contributed by atoms with Gasteiger partial charge < -0.3 is 0 Å². The number of rotatable bonds is 1. The largest absolute Gasteiger partial charge is 0.439 e. The fraction of sp³-hybridized carbons (Fsp3) is 0.125. The second kappa shape index (κ2) is 4.08. The first-order valence-electron chi connectivity index (χ1n) is 3.36. The van der Waals surface area contributed by atoms with Crippen molar-refractivity contribution in [3.05, 3.63) is 30.3 Å². The lowest BCUT2D eigenvalue weighted by molar-refractivity contribution is -0.0544. The van der Waals surface area contributed by atoms with Crippen LogP contribution in [0, 0.1) is 0 Å². The van der Waals surface area contributed by atoms with E-state index in [1.807, 2.05) is 0 Å². The molecule has 1 nitrogen and oxygen atoms in total. The van der Waals surface area contributed by atoms with Gasteiger partial charge in [0.25, 0.3) is 0 Å². The molecule has 0 aliphatic rings. The van der Waals surface area contributed by atoms with Crippen LogP contribution in [0.2, 0.25) is 0 Å². The number of hydrogen-bond donors (Lipinski definition) is 0. The molecule has 70 valence electrons. The van der Waals surface area contributed by atoms with Crippen molar-refractivity contribution in [1.29, 1.82) is 0 Å². The summed E-state index contributed by atoms with van der Waals surface area (Å²) >= 11 is 1.18. The fourth-order valence-corrected chi connectivity index (χ4v) is 0.958. The van der Waals surface area contributed by atoms with Crippen LogP contribution in [0.25, 0.3) is 0 Å². The number of halogens is 4. The minimum Gasteiger partial charge on any atom is -0.238 e. The van der Waals surface area contributed by atoms with Crippen LogP contribution in [0.15, 0.2) is 35.3 Å². The molecule has 0 aliphatic carbocycles. The van der Waals surface area contributed by atoms with Crippen LogP contribution < -0.4 is 0 Å². The van der Waals surface area contributed by atoms with Gasteiger partial charge >= 0.3 is 6.18 Å². The van der Waals surface area contributed by atoms with Gasteiger partial charge in [-0.3, -0.25) is 0 Å². The van der Waals surface area contributed by atoms with Gasteiger partial charge in [0.05, 0.1) is 5.69 Å². The minimum absolute atomic E-state index is 0.309. The molecule has 0 heterocycles. The summed E-state index contributed by atoms with van der Waals surface area (Å²) in [6, 6.07) is 8.03. The fourth-order valence-electron chi connectivity index (χ4n) is 0.679. The Bertz CT molecular complexity index is 305. The number of para-hydroxylation sites is 1. The molecule has 1 aromatic carbocycles. The molecule has 13 heavy (non-hydrogen) atoms. The van der Waals surface area contributed by atoms with Crippen molar-refractivity contribution in [1.82, 2.24) is 0 Å². The second-order valence-electron chi connectivity index (χ2n) is 2.24. The average Bonchev–Trinajstić information content (AvgIpc) is 2.04. The highest BCUT2D eigenvalue weighted by Gasteiger charge is 2.33. The number of nitrogens with zero attached hydrogens (tertiary/aromatic N) is 1. The molecule has 0 spiro atoms. The van der Waals surface area contributed by atoms with Crippen molar-refractivity contribution in [2.75, 3.05) is 0 Å². The molecule has 0 unspecified atom stereocenters. The van der Waals surface area contributed by atoms with E-state index >= 15 is 0 Å². The lowest BCUT2D eigenvalue weighted by Gasteiger charge is -2.02. The second-order valence-corrected chi connectivity index (χ2v) is 3.26. The molecular weight excluding hydrogens is 294 g/mol. The number of aliphatic imine (C=N–C) groups is 1. The van der Waals surface area contributed by atoms with Gasteiger partial charge in [0.2, 0.25) is 0 Å². The van der Waals surface area contributed by atoms with Crippen LogP contribution in [0.1, 0.15) is 0 Å². The highest BCUT2D eigenvalue weighted by molar-refractivity contribution is 14.1. The maximum Gasteiger partial charge on any atom is 0.439 e. The summed E-state index contributed by atoms with van der Waals surface area (Å²) in [5.41, 5.74) is 0.309. The van der Waals surface area contributed by atoms with Crippen molar-refractivity contribution in [3.63, 3.8) is 0 Å². The lowest BCUT2D eigenvalue weighted by atomic mass is 10.3. The van der Waals surface area contributed by atoms with E-state index in [1.54, 1.807) is 18.2 Å². The summed E-state index contributed by atoms with van der Waals surface area (Å²) in [5, 5.41) is 0. The predicted octanol–water partition coefficient (Wildman–Crippen LogP) is 3.71. The third-order valence-corrected chi connectivity index (χ3v) is 2.07. The smallest absolute Gasteiger partial charge is 0.238 e. The normalized spacial score (nSPS) is 13.1. The zero-order valence-corrected chi connectivity index (χ0v) is 8.50. The van der Waals surface area contributed by atoms with Crippen LogP contribution in [0.3, 0.4) is 0 Å². The van der Waals surface area contributed by atoms with Crippen LogP contribution in [0.5, 0.6) is 0 Å². The molecule has 5 heteroatoms. The van der Waals surface area contributed by atoms with Crippen LogP contribution in [-0.4, -0.2) is 9.89 Å². The van der Waals surface area contributed by atoms with Crippen molar-refractivity contribution in [2.45, 2.75) is 6.18 Å². The predicted molar refractivity (Wildman–Crippen MR) is 53.6 cm³/mol. The van der Waals surface area contributed by atoms with Gasteiger partial charge in [0, 0.05) is 0 Å². The van der Waals surface area contributed by atoms with E-state index in [9.17, 15) is 13.2 Å². The molecular formula is C8H5F3IN. The van der Waals surface area contributed by atoms with Gasteiger partial charge in [-0.2, -0.15) is 13.2 Å². The Morgan fingerprint density at radius 3 is 2.15 bits per heavy atom. The molecule has 0 aromatic heterocycles. The Labute approximate surface area is 86.8 Å². The molecule has 0 saturated carbocycles. The van der Waals surface area contributed by atoms with Crippen molar-refractivity contribution >= 4 is 32.0 Å². The molecule has 0 amide bonds. The molecule has 0 aliphatic heterocycles.